The van der Waals surface area contributed by atoms with Gasteiger partial charge in [-0.3, -0.25) is 14.6 Å². The normalized spacial score (nSPS) is 12.6. The molecule has 2 atom stereocenters. The lowest BCUT2D eigenvalue weighted by atomic mass is 10.1. The molecule has 0 aliphatic rings. The van der Waals surface area contributed by atoms with E-state index in [1.54, 1.807) is 30.5 Å². The number of ether oxygens (including phenoxy) is 2. The van der Waals surface area contributed by atoms with Gasteiger partial charge < -0.3 is 40.4 Å². The zero-order valence-electron chi connectivity index (χ0n) is 23.9. The average molecular weight is 599 g/mol. The Hall–Kier alpha value is -4.97. The topological polar surface area (TPSA) is 166 Å². The number of nitrogens with zero attached hydrogens (tertiary/aromatic N) is 1. The highest BCUT2D eigenvalue weighted by Gasteiger charge is 2.14. The van der Waals surface area contributed by atoms with Crippen molar-refractivity contribution in [2.75, 3.05) is 26.3 Å². The number of pyridine rings is 1. The van der Waals surface area contributed by atoms with Crippen LogP contribution < -0.4 is 20.1 Å². The molecule has 6 N–H and O–H groups in total. The summed E-state index contributed by atoms with van der Waals surface area (Å²) in [6.07, 6.45) is 3.07. The van der Waals surface area contributed by atoms with Gasteiger partial charge in [0.05, 0.1) is 18.5 Å². The molecular formula is C33H34N4O7. The van der Waals surface area contributed by atoms with Crippen LogP contribution in [0.2, 0.25) is 0 Å². The Morgan fingerprint density at radius 3 is 2.61 bits per heavy atom. The van der Waals surface area contributed by atoms with Crippen molar-refractivity contribution in [1.29, 1.82) is 0 Å². The lowest BCUT2D eigenvalue weighted by Crippen LogP contribution is -2.41. The third kappa shape index (κ3) is 7.90. The van der Waals surface area contributed by atoms with Gasteiger partial charge in [0.1, 0.15) is 30.0 Å². The predicted molar refractivity (Wildman–Crippen MR) is 165 cm³/mol. The summed E-state index contributed by atoms with van der Waals surface area (Å²) in [5.74, 6) is 0.519. The van der Waals surface area contributed by atoms with Crippen molar-refractivity contribution in [2.24, 2.45) is 0 Å². The number of carboxylic acid groups (broad SMARTS) is 1. The van der Waals surface area contributed by atoms with Gasteiger partial charge >= 0.3 is 5.97 Å². The molecule has 0 aliphatic carbocycles. The molecule has 0 aliphatic heterocycles. The number of fused-ring (bicyclic) bond motifs is 2. The third-order valence-electron chi connectivity index (χ3n) is 7.07. The fraction of sp³-hybridized carbons (Fsp3) is 0.242. The number of aromatic amines is 1. The number of amides is 1. The van der Waals surface area contributed by atoms with Crippen LogP contribution in [-0.2, 0) is 11.2 Å². The van der Waals surface area contributed by atoms with E-state index in [1.165, 1.54) is 0 Å². The molecule has 44 heavy (non-hydrogen) atoms. The number of aliphatic hydroxyl groups excluding tert-OH is 2. The number of carboxylic acids is 1. The maximum Gasteiger partial charge on any atom is 0.305 e. The number of rotatable bonds is 15. The number of hydrogen-bond acceptors (Lipinski definition) is 8. The van der Waals surface area contributed by atoms with E-state index in [-0.39, 0.29) is 44.7 Å². The third-order valence-corrected chi connectivity index (χ3v) is 7.07. The molecule has 5 aromatic rings. The van der Waals surface area contributed by atoms with Crippen molar-refractivity contribution in [3.8, 4) is 17.2 Å². The SMILES string of the molecule is O=C(O)CCNC(=O)c1ccc2c(Oc3ccc(C[C@@H](CO)NC[C@H](O)COc4cccc5[nH]ccc45)cc3)ccnc2c1. The van der Waals surface area contributed by atoms with Gasteiger partial charge in [0.15, 0.2) is 0 Å². The van der Waals surface area contributed by atoms with Crippen molar-refractivity contribution in [3.63, 3.8) is 0 Å². The Morgan fingerprint density at radius 1 is 0.977 bits per heavy atom. The fourth-order valence-corrected chi connectivity index (χ4v) is 4.77. The van der Waals surface area contributed by atoms with Crippen molar-refractivity contribution in [3.05, 3.63) is 96.3 Å². The van der Waals surface area contributed by atoms with E-state index in [9.17, 15) is 19.8 Å². The highest BCUT2D eigenvalue weighted by molar-refractivity contribution is 5.99. The molecule has 0 bridgehead atoms. The maximum absolute atomic E-state index is 12.4. The van der Waals surface area contributed by atoms with E-state index in [2.05, 4.69) is 20.6 Å². The van der Waals surface area contributed by atoms with E-state index in [1.807, 2.05) is 54.7 Å². The summed E-state index contributed by atoms with van der Waals surface area (Å²) in [5, 5.41) is 36.6. The molecule has 3 aromatic carbocycles. The van der Waals surface area contributed by atoms with Crippen LogP contribution in [-0.4, -0.2) is 75.6 Å². The smallest absolute Gasteiger partial charge is 0.305 e. The standard InChI is InChI=1S/C33H34N4O7/c38-19-23(37-18-24(39)20-43-30-3-1-2-28-27(30)10-13-34-28)16-21-4-7-25(8-5-21)44-31-11-14-35-29-17-22(6-9-26(29)31)33(42)36-15-12-32(40)41/h1-11,13-14,17,23-24,34,37-39H,12,15-16,18-20H2,(H,36,42)(H,40,41)/t23-,24-/m0/s1. The summed E-state index contributed by atoms with van der Waals surface area (Å²) in [6.45, 7) is 0.317. The Morgan fingerprint density at radius 2 is 1.82 bits per heavy atom. The maximum atomic E-state index is 12.4. The van der Waals surface area contributed by atoms with Crippen molar-refractivity contribution >= 4 is 33.7 Å². The van der Waals surface area contributed by atoms with Crippen molar-refractivity contribution < 1.29 is 34.4 Å². The predicted octanol–water partition coefficient (Wildman–Crippen LogP) is 3.65. The number of benzene rings is 3. The zero-order chi connectivity index (χ0) is 30.9. The first-order valence-electron chi connectivity index (χ1n) is 14.3. The average Bonchev–Trinajstić information content (AvgIpc) is 3.52. The zero-order valence-corrected chi connectivity index (χ0v) is 23.9. The second-order valence-corrected chi connectivity index (χ2v) is 10.3. The van der Waals surface area contributed by atoms with Gasteiger partial charge in [0.2, 0.25) is 0 Å². The minimum Gasteiger partial charge on any atom is -0.490 e. The Balaban J connectivity index is 1.13. The molecular weight excluding hydrogens is 564 g/mol. The molecule has 5 rings (SSSR count). The second kappa shape index (κ2) is 14.5. The highest BCUT2D eigenvalue weighted by atomic mass is 16.5. The van der Waals surface area contributed by atoms with E-state index >= 15 is 0 Å². The highest BCUT2D eigenvalue weighted by Crippen LogP contribution is 2.30. The molecule has 11 heteroatoms. The van der Waals surface area contributed by atoms with Crippen LogP contribution in [0.15, 0.2) is 85.2 Å². The van der Waals surface area contributed by atoms with Gasteiger partial charge in [-0.1, -0.05) is 18.2 Å². The summed E-state index contributed by atoms with van der Waals surface area (Å²) < 4.78 is 11.9. The van der Waals surface area contributed by atoms with Crippen LogP contribution in [0, 0.1) is 0 Å². The van der Waals surface area contributed by atoms with E-state index < -0.39 is 12.1 Å². The number of hydrogen-bond donors (Lipinski definition) is 6. The number of aromatic nitrogens is 2. The monoisotopic (exact) mass is 598 g/mol. The molecule has 0 saturated carbocycles. The summed E-state index contributed by atoms with van der Waals surface area (Å²) >= 11 is 0. The lowest BCUT2D eigenvalue weighted by Gasteiger charge is -2.20. The lowest BCUT2D eigenvalue weighted by molar-refractivity contribution is -0.136. The van der Waals surface area contributed by atoms with Crippen LogP contribution in [0.25, 0.3) is 21.8 Å². The number of H-pyrrole nitrogens is 1. The van der Waals surface area contributed by atoms with E-state index in [4.69, 9.17) is 14.6 Å². The van der Waals surface area contributed by atoms with E-state index in [0.717, 1.165) is 21.9 Å². The van der Waals surface area contributed by atoms with Gasteiger partial charge in [-0.05, 0) is 66.6 Å². The molecule has 11 nitrogen and oxygen atoms in total. The minimum atomic E-state index is -0.982. The Labute approximate surface area is 253 Å². The molecule has 228 valence electrons. The number of nitrogens with one attached hydrogen (secondary N) is 3. The second-order valence-electron chi connectivity index (χ2n) is 10.3. The summed E-state index contributed by atoms with van der Waals surface area (Å²) in [4.78, 5) is 30.5. The molecule has 0 radical (unpaired) electrons. The van der Waals surface area contributed by atoms with Crippen molar-refractivity contribution in [1.82, 2.24) is 20.6 Å². The van der Waals surface area contributed by atoms with Crippen LogP contribution >= 0.6 is 0 Å². The summed E-state index contributed by atoms with van der Waals surface area (Å²) in [7, 11) is 0. The largest absolute Gasteiger partial charge is 0.490 e. The molecule has 0 fully saturated rings. The number of aliphatic hydroxyl groups is 2. The molecule has 2 heterocycles. The number of carbonyl (C=O) groups excluding carboxylic acids is 1. The Bertz CT molecular complexity index is 1720. The molecule has 0 saturated heterocycles. The van der Waals surface area contributed by atoms with Crippen LogP contribution in [0.1, 0.15) is 22.3 Å². The van der Waals surface area contributed by atoms with E-state index in [0.29, 0.717) is 34.7 Å². The van der Waals surface area contributed by atoms with Gasteiger partial charge in [0.25, 0.3) is 5.91 Å². The molecule has 0 unspecified atom stereocenters. The van der Waals surface area contributed by atoms with Gasteiger partial charge in [-0.15, -0.1) is 0 Å². The number of aliphatic carboxylic acids is 1. The minimum absolute atomic E-state index is 0.0390. The number of carbonyl (C=O) groups is 2. The molecule has 0 spiro atoms. The van der Waals surface area contributed by atoms with Gasteiger partial charge in [-0.2, -0.15) is 0 Å². The van der Waals surface area contributed by atoms with Crippen molar-refractivity contribution in [2.45, 2.75) is 25.0 Å². The van der Waals surface area contributed by atoms with Crippen LogP contribution in [0.5, 0.6) is 17.2 Å². The Kier molecular flexibility index (Phi) is 10.0. The first kappa shape index (κ1) is 30.5. The van der Waals surface area contributed by atoms with Crippen LogP contribution in [0.4, 0.5) is 0 Å². The molecule has 2 aromatic heterocycles. The first-order chi connectivity index (χ1) is 21.4. The van der Waals surface area contributed by atoms with Crippen LogP contribution in [0.3, 0.4) is 0 Å². The van der Waals surface area contributed by atoms with Gasteiger partial charge in [-0.25, -0.2) is 0 Å². The first-order valence-corrected chi connectivity index (χ1v) is 14.3. The fourth-order valence-electron chi connectivity index (χ4n) is 4.77. The summed E-state index contributed by atoms with van der Waals surface area (Å²) in [6, 6.07) is 21.7. The summed E-state index contributed by atoms with van der Waals surface area (Å²) in [5.41, 5.74) is 2.88. The quantitative estimate of drug-likeness (QED) is 0.105. The van der Waals surface area contributed by atoms with Gasteiger partial charge in [0, 0.05) is 53.4 Å². The molecule has 1 amide bonds.